The summed E-state index contributed by atoms with van der Waals surface area (Å²) in [5.41, 5.74) is 0. The van der Waals surface area contributed by atoms with Gasteiger partial charge in [-0.15, -0.1) is 0 Å². The number of esters is 3. The van der Waals surface area contributed by atoms with E-state index in [2.05, 4.69) is 20.8 Å². The third-order valence-electron chi connectivity index (χ3n) is 12.4. The van der Waals surface area contributed by atoms with Gasteiger partial charge in [0.15, 0.2) is 6.10 Å². The van der Waals surface area contributed by atoms with E-state index in [1.54, 1.807) is 0 Å². The van der Waals surface area contributed by atoms with Crippen molar-refractivity contribution in [2.24, 2.45) is 0 Å². The van der Waals surface area contributed by atoms with Crippen LogP contribution in [-0.2, 0) is 28.6 Å². The van der Waals surface area contributed by atoms with Crippen molar-refractivity contribution in [1.82, 2.24) is 0 Å². The van der Waals surface area contributed by atoms with Crippen LogP contribution in [0.4, 0.5) is 0 Å². The molecule has 60 heavy (non-hydrogen) atoms. The molecule has 6 heteroatoms. The van der Waals surface area contributed by atoms with Crippen LogP contribution >= 0.6 is 0 Å². The van der Waals surface area contributed by atoms with Crippen molar-refractivity contribution in [2.45, 2.75) is 316 Å². The molecule has 0 radical (unpaired) electrons. The minimum absolute atomic E-state index is 0.0617. The molecule has 0 fully saturated rings. The van der Waals surface area contributed by atoms with Crippen molar-refractivity contribution in [3.8, 4) is 0 Å². The Labute approximate surface area is 374 Å². The highest BCUT2D eigenvalue weighted by Gasteiger charge is 2.19. The summed E-state index contributed by atoms with van der Waals surface area (Å²) in [4.78, 5) is 37.9. The first-order chi connectivity index (χ1) is 29.5. The number of carbonyl (C=O) groups is 3. The van der Waals surface area contributed by atoms with E-state index in [1.165, 1.54) is 212 Å². The lowest BCUT2D eigenvalue weighted by molar-refractivity contribution is -0.167. The molecule has 0 amide bonds. The number of rotatable bonds is 50. The Morgan fingerprint density at radius 1 is 0.267 bits per heavy atom. The Morgan fingerprint density at radius 2 is 0.450 bits per heavy atom. The van der Waals surface area contributed by atoms with Gasteiger partial charge < -0.3 is 14.2 Å². The highest BCUT2D eigenvalue weighted by Crippen LogP contribution is 2.17. The Kier molecular flexibility index (Phi) is 48.7. The molecule has 0 aliphatic heterocycles. The van der Waals surface area contributed by atoms with Gasteiger partial charge in [-0.05, 0) is 19.3 Å². The molecule has 0 aliphatic rings. The summed E-state index contributed by atoms with van der Waals surface area (Å²) in [5.74, 6) is -0.841. The van der Waals surface area contributed by atoms with E-state index in [9.17, 15) is 14.4 Å². The molecule has 0 rings (SSSR count). The SMILES string of the molecule is CCCCCCCCCCCCCCCCCCCC(=O)OC[C@@H](COC(=O)CCCCCCCCCCC)OC(=O)CCCCCCCCCCCCCCCCCC. The minimum Gasteiger partial charge on any atom is -0.462 e. The van der Waals surface area contributed by atoms with E-state index in [0.717, 1.165) is 57.8 Å². The first-order valence-electron chi connectivity index (χ1n) is 27.0. The zero-order chi connectivity index (χ0) is 43.7. The lowest BCUT2D eigenvalue weighted by Crippen LogP contribution is -2.30. The number of carbonyl (C=O) groups excluding carboxylic acids is 3. The molecule has 0 unspecified atom stereocenters. The van der Waals surface area contributed by atoms with Crippen LogP contribution in [-0.4, -0.2) is 37.2 Å². The van der Waals surface area contributed by atoms with E-state index in [1.807, 2.05) is 0 Å². The molecule has 0 saturated carbocycles. The van der Waals surface area contributed by atoms with E-state index >= 15 is 0 Å². The van der Waals surface area contributed by atoms with Crippen LogP contribution in [0.15, 0.2) is 0 Å². The number of hydrogen-bond donors (Lipinski definition) is 0. The topological polar surface area (TPSA) is 78.9 Å². The van der Waals surface area contributed by atoms with E-state index in [-0.39, 0.29) is 31.1 Å². The highest BCUT2D eigenvalue weighted by atomic mass is 16.6. The summed E-state index contributed by atoms with van der Waals surface area (Å²) >= 11 is 0. The Bertz CT molecular complexity index is 889. The summed E-state index contributed by atoms with van der Waals surface area (Å²) in [6, 6.07) is 0. The summed E-state index contributed by atoms with van der Waals surface area (Å²) in [7, 11) is 0. The maximum absolute atomic E-state index is 12.8. The van der Waals surface area contributed by atoms with E-state index < -0.39 is 6.10 Å². The average Bonchev–Trinajstić information content (AvgIpc) is 3.24. The molecule has 6 nitrogen and oxygen atoms in total. The van der Waals surface area contributed by atoms with E-state index in [4.69, 9.17) is 14.2 Å². The van der Waals surface area contributed by atoms with Gasteiger partial charge in [0.2, 0.25) is 0 Å². The minimum atomic E-state index is -0.759. The van der Waals surface area contributed by atoms with Crippen LogP contribution in [0.2, 0.25) is 0 Å². The third kappa shape index (κ3) is 47.5. The van der Waals surface area contributed by atoms with Gasteiger partial charge in [0.05, 0.1) is 0 Å². The zero-order valence-corrected chi connectivity index (χ0v) is 40.8. The van der Waals surface area contributed by atoms with Crippen LogP contribution in [0.25, 0.3) is 0 Å². The van der Waals surface area contributed by atoms with Crippen molar-refractivity contribution in [1.29, 1.82) is 0 Å². The lowest BCUT2D eigenvalue weighted by Gasteiger charge is -2.18. The van der Waals surface area contributed by atoms with Crippen molar-refractivity contribution >= 4 is 17.9 Å². The van der Waals surface area contributed by atoms with Gasteiger partial charge in [-0.2, -0.15) is 0 Å². The molecule has 356 valence electrons. The molecule has 0 heterocycles. The Balaban J connectivity index is 4.23. The zero-order valence-electron chi connectivity index (χ0n) is 40.8. The van der Waals surface area contributed by atoms with Crippen molar-refractivity contribution in [3.63, 3.8) is 0 Å². The molecule has 0 spiro atoms. The fourth-order valence-electron chi connectivity index (χ4n) is 8.27. The van der Waals surface area contributed by atoms with Crippen LogP contribution in [0.3, 0.4) is 0 Å². The van der Waals surface area contributed by atoms with Gasteiger partial charge in [-0.3, -0.25) is 14.4 Å². The van der Waals surface area contributed by atoms with Gasteiger partial charge in [0, 0.05) is 19.3 Å². The van der Waals surface area contributed by atoms with Gasteiger partial charge in [0.25, 0.3) is 0 Å². The maximum atomic E-state index is 12.8. The molecular formula is C54H104O6. The molecule has 1 atom stereocenters. The summed E-state index contributed by atoms with van der Waals surface area (Å²) in [5, 5.41) is 0. The number of unbranched alkanes of at least 4 members (excludes halogenated alkanes) is 39. The smallest absolute Gasteiger partial charge is 0.306 e. The molecule has 0 aromatic carbocycles. The normalized spacial score (nSPS) is 11.8. The van der Waals surface area contributed by atoms with Gasteiger partial charge in [-0.25, -0.2) is 0 Å². The molecular weight excluding hydrogens is 745 g/mol. The monoisotopic (exact) mass is 849 g/mol. The van der Waals surface area contributed by atoms with Crippen molar-refractivity contribution < 1.29 is 28.6 Å². The third-order valence-corrected chi connectivity index (χ3v) is 12.4. The summed E-state index contributed by atoms with van der Waals surface area (Å²) < 4.78 is 16.8. The van der Waals surface area contributed by atoms with Crippen molar-refractivity contribution in [2.75, 3.05) is 13.2 Å². The molecule has 0 aromatic heterocycles. The first kappa shape index (κ1) is 58.4. The second-order valence-corrected chi connectivity index (χ2v) is 18.5. The average molecular weight is 849 g/mol. The first-order valence-corrected chi connectivity index (χ1v) is 27.0. The van der Waals surface area contributed by atoms with E-state index in [0.29, 0.717) is 19.3 Å². The maximum Gasteiger partial charge on any atom is 0.306 e. The summed E-state index contributed by atoms with van der Waals surface area (Å²) in [6.07, 6.45) is 53.8. The van der Waals surface area contributed by atoms with Gasteiger partial charge >= 0.3 is 17.9 Å². The highest BCUT2D eigenvalue weighted by molar-refractivity contribution is 5.71. The fourth-order valence-corrected chi connectivity index (χ4v) is 8.27. The fraction of sp³-hybridized carbons (Fsp3) is 0.944. The summed E-state index contributed by atoms with van der Waals surface area (Å²) in [6.45, 7) is 6.67. The molecule has 0 saturated heterocycles. The van der Waals surface area contributed by atoms with Crippen LogP contribution in [0.5, 0.6) is 0 Å². The van der Waals surface area contributed by atoms with Crippen molar-refractivity contribution in [3.05, 3.63) is 0 Å². The molecule has 0 aliphatic carbocycles. The Morgan fingerprint density at radius 3 is 0.667 bits per heavy atom. The second kappa shape index (κ2) is 50.1. The lowest BCUT2D eigenvalue weighted by atomic mass is 10.0. The van der Waals surface area contributed by atoms with Crippen LogP contribution < -0.4 is 0 Å². The van der Waals surface area contributed by atoms with Crippen LogP contribution in [0, 0.1) is 0 Å². The van der Waals surface area contributed by atoms with Gasteiger partial charge in [-0.1, -0.05) is 271 Å². The Hall–Kier alpha value is -1.59. The number of ether oxygens (including phenoxy) is 3. The largest absolute Gasteiger partial charge is 0.462 e. The predicted molar refractivity (Wildman–Crippen MR) is 257 cm³/mol. The molecule has 0 aromatic rings. The van der Waals surface area contributed by atoms with Gasteiger partial charge in [0.1, 0.15) is 13.2 Å². The second-order valence-electron chi connectivity index (χ2n) is 18.5. The number of hydrogen-bond acceptors (Lipinski definition) is 6. The van der Waals surface area contributed by atoms with Crippen LogP contribution in [0.1, 0.15) is 310 Å². The predicted octanol–water partition coefficient (Wildman–Crippen LogP) is 17.6. The molecule has 0 N–H and O–H groups in total. The molecule has 0 bridgehead atoms. The standard InChI is InChI=1S/C54H104O6/c1-4-7-10-13-16-19-21-23-25-27-29-30-32-35-38-41-44-47-53(56)59-50-51(49-58-52(55)46-43-40-37-34-18-15-12-9-6-3)60-54(57)48-45-42-39-36-33-31-28-26-24-22-20-17-14-11-8-5-2/h51H,4-50H2,1-3H3/t51-/m1/s1. The quantitative estimate of drug-likeness (QED) is 0.0345.